The number of quaternary nitrogens is 1. The van der Waals surface area contributed by atoms with Crippen LogP contribution < -0.4 is 5.73 Å². The predicted octanol–water partition coefficient (Wildman–Crippen LogP) is 1.17. The molecule has 0 aliphatic heterocycles. The van der Waals surface area contributed by atoms with Crippen molar-refractivity contribution in [3.05, 3.63) is 23.8 Å². The van der Waals surface area contributed by atoms with E-state index in [9.17, 15) is 5.11 Å². The van der Waals surface area contributed by atoms with Gasteiger partial charge in [0.2, 0.25) is 0 Å². The number of nitrogens with two attached hydrogens (primary N) is 1. The lowest BCUT2D eigenvalue weighted by Gasteiger charge is -2.35. The molecule has 0 atom stereocenters. The van der Waals surface area contributed by atoms with E-state index >= 15 is 0 Å². The van der Waals surface area contributed by atoms with Gasteiger partial charge in [-0.25, -0.2) is 0 Å². The molecule has 5 heteroatoms. The van der Waals surface area contributed by atoms with E-state index < -0.39 is 0 Å². The molecule has 1 rings (SSSR count). The maximum atomic E-state index is 9.37. The molecule has 1 aromatic carbocycles. The molecular formula is C13H23N2O3+. The third-order valence-corrected chi connectivity index (χ3v) is 3.04. The zero-order chi connectivity index (χ0) is 13.8. The van der Waals surface area contributed by atoms with Crippen LogP contribution in [0.2, 0.25) is 0 Å². The second kappa shape index (κ2) is 6.04. The summed E-state index contributed by atoms with van der Waals surface area (Å²) in [6.07, 6.45) is 0.542. The first kappa shape index (κ1) is 14.8. The number of phenolic OH excluding ortho intramolecular Hbond substituents is 1. The van der Waals surface area contributed by atoms with E-state index in [0.29, 0.717) is 10.2 Å². The van der Waals surface area contributed by atoms with Gasteiger partial charge in [0.1, 0.15) is 5.75 Å². The Balaban J connectivity index is 2.66. The summed E-state index contributed by atoms with van der Waals surface area (Å²) in [6, 6.07) is 5.29. The average Bonchev–Trinajstić information content (AvgIpc) is 2.32. The molecule has 0 amide bonds. The number of nitrogens with zero attached hydrogens (tertiary/aromatic N) is 1. The van der Waals surface area contributed by atoms with Crippen LogP contribution in [0.5, 0.6) is 5.75 Å². The minimum atomic E-state index is -0.292. The van der Waals surface area contributed by atoms with E-state index in [0.717, 1.165) is 18.5 Å². The van der Waals surface area contributed by atoms with Crippen molar-refractivity contribution in [1.82, 2.24) is 0 Å². The number of hydrogen-bond acceptors (Lipinski definition) is 4. The van der Waals surface area contributed by atoms with Crippen LogP contribution in [0.3, 0.4) is 0 Å². The Morgan fingerprint density at radius 2 is 1.89 bits per heavy atom. The van der Waals surface area contributed by atoms with E-state index in [-0.39, 0.29) is 12.2 Å². The monoisotopic (exact) mass is 255 g/mol. The third kappa shape index (κ3) is 3.60. The summed E-state index contributed by atoms with van der Waals surface area (Å²) in [5, 5.41) is 9.37. The fourth-order valence-electron chi connectivity index (χ4n) is 1.95. The summed E-state index contributed by atoms with van der Waals surface area (Å²) >= 11 is 0. The molecule has 102 valence electrons. The Hall–Kier alpha value is -1.30. The summed E-state index contributed by atoms with van der Waals surface area (Å²) < 4.78 is 11.2. The van der Waals surface area contributed by atoms with Crippen molar-refractivity contribution in [2.24, 2.45) is 0 Å². The van der Waals surface area contributed by atoms with Crippen LogP contribution in [-0.2, 0) is 15.9 Å². The van der Waals surface area contributed by atoms with Crippen molar-refractivity contribution in [2.45, 2.75) is 12.8 Å². The lowest BCUT2D eigenvalue weighted by molar-refractivity contribution is -0.960. The van der Waals surface area contributed by atoms with Crippen molar-refractivity contribution in [2.75, 3.05) is 40.6 Å². The number of anilines is 1. The molecule has 3 N–H and O–H groups in total. The van der Waals surface area contributed by atoms with Crippen molar-refractivity contribution >= 4 is 5.69 Å². The third-order valence-electron chi connectivity index (χ3n) is 3.04. The van der Waals surface area contributed by atoms with E-state index in [2.05, 4.69) is 0 Å². The maximum Gasteiger partial charge on any atom is 0.308 e. The van der Waals surface area contributed by atoms with Crippen LogP contribution in [0.25, 0.3) is 0 Å². The second-order valence-electron chi connectivity index (χ2n) is 4.92. The fraction of sp³-hybridized carbons (Fsp3) is 0.538. The second-order valence-corrected chi connectivity index (χ2v) is 4.92. The molecule has 0 heterocycles. The van der Waals surface area contributed by atoms with Crippen LogP contribution in [0.15, 0.2) is 18.2 Å². The van der Waals surface area contributed by atoms with E-state index in [4.69, 9.17) is 15.2 Å². The van der Waals surface area contributed by atoms with Crippen molar-refractivity contribution in [3.63, 3.8) is 0 Å². The van der Waals surface area contributed by atoms with Crippen molar-refractivity contribution in [3.8, 4) is 5.75 Å². The van der Waals surface area contributed by atoms with Gasteiger partial charge < -0.3 is 20.3 Å². The van der Waals surface area contributed by atoms with Gasteiger partial charge in [-0.1, -0.05) is 6.07 Å². The molecule has 0 aliphatic rings. The fourth-order valence-corrected chi connectivity index (χ4v) is 1.95. The minimum absolute atomic E-state index is 0.124. The summed E-state index contributed by atoms with van der Waals surface area (Å²) in [6.45, 7) is 0.844. The van der Waals surface area contributed by atoms with Gasteiger partial charge in [-0.2, -0.15) is 0 Å². The molecule has 18 heavy (non-hydrogen) atoms. The zero-order valence-electron chi connectivity index (χ0n) is 11.5. The van der Waals surface area contributed by atoms with Crippen LogP contribution in [0.4, 0.5) is 5.69 Å². The smallest absolute Gasteiger partial charge is 0.308 e. The number of methoxy groups -OCH3 is 2. The molecule has 0 fully saturated rings. The Bertz CT molecular complexity index is 390. The predicted molar refractivity (Wildman–Crippen MR) is 71.0 cm³/mol. The molecule has 0 bridgehead atoms. The van der Waals surface area contributed by atoms with Crippen LogP contribution in [0.1, 0.15) is 5.56 Å². The molecule has 1 aromatic rings. The van der Waals surface area contributed by atoms with Gasteiger partial charge in [0.05, 0.1) is 26.3 Å². The zero-order valence-corrected chi connectivity index (χ0v) is 11.5. The summed E-state index contributed by atoms with van der Waals surface area (Å²) in [5.74, 6) is 0.124. The molecule has 0 radical (unpaired) electrons. The lowest BCUT2D eigenvalue weighted by Crippen LogP contribution is -2.51. The van der Waals surface area contributed by atoms with Gasteiger partial charge in [0.15, 0.2) is 0 Å². The van der Waals surface area contributed by atoms with Gasteiger partial charge in [-0.15, -0.1) is 0 Å². The number of phenols is 1. The van der Waals surface area contributed by atoms with E-state index in [1.807, 2.05) is 20.2 Å². The first-order valence-corrected chi connectivity index (χ1v) is 5.86. The SMILES string of the molecule is COC(OC)[N+](C)(C)CCc1ccc(O)c(N)c1. The molecule has 0 aromatic heterocycles. The Morgan fingerprint density at radius 1 is 1.28 bits per heavy atom. The molecule has 5 nitrogen and oxygen atoms in total. The summed E-state index contributed by atoms with van der Waals surface area (Å²) in [4.78, 5) is 0. The number of hydrogen-bond donors (Lipinski definition) is 2. The Labute approximate surface area is 108 Å². The molecule has 0 spiro atoms. The number of likely N-dealkylation sites (N-methyl/N-ethyl adjacent to an activating group) is 1. The van der Waals surface area contributed by atoms with Gasteiger partial charge >= 0.3 is 6.41 Å². The Morgan fingerprint density at radius 3 is 2.39 bits per heavy atom. The highest BCUT2D eigenvalue weighted by molar-refractivity contribution is 5.53. The van der Waals surface area contributed by atoms with Crippen LogP contribution >= 0.6 is 0 Å². The van der Waals surface area contributed by atoms with E-state index in [1.165, 1.54) is 0 Å². The minimum Gasteiger partial charge on any atom is -0.506 e. The molecular weight excluding hydrogens is 232 g/mol. The highest BCUT2D eigenvalue weighted by Crippen LogP contribution is 2.21. The normalized spacial score (nSPS) is 12.1. The number of nitrogen functional groups attached to an aromatic ring is 1. The Kier molecular flexibility index (Phi) is 4.95. The number of aromatic hydroxyl groups is 1. The first-order chi connectivity index (χ1) is 8.40. The average molecular weight is 255 g/mol. The van der Waals surface area contributed by atoms with Crippen LogP contribution in [0, 0.1) is 0 Å². The van der Waals surface area contributed by atoms with E-state index in [1.54, 1.807) is 26.4 Å². The van der Waals surface area contributed by atoms with Gasteiger partial charge in [-0.05, 0) is 17.7 Å². The summed E-state index contributed by atoms with van der Waals surface area (Å²) in [7, 11) is 7.35. The molecule has 0 saturated heterocycles. The molecule has 0 unspecified atom stereocenters. The lowest BCUT2D eigenvalue weighted by atomic mass is 10.1. The maximum absolute atomic E-state index is 9.37. The van der Waals surface area contributed by atoms with Crippen LogP contribution in [-0.4, -0.2) is 50.9 Å². The number of ether oxygens (including phenoxy) is 2. The summed E-state index contributed by atoms with van der Waals surface area (Å²) in [5.41, 5.74) is 7.16. The molecule has 0 saturated carbocycles. The topological polar surface area (TPSA) is 64.7 Å². The largest absolute Gasteiger partial charge is 0.506 e. The quantitative estimate of drug-likeness (QED) is 0.347. The number of benzene rings is 1. The van der Waals surface area contributed by atoms with Crippen molar-refractivity contribution < 1.29 is 19.1 Å². The first-order valence-electron chi connectivity index (χ1n) is 5.86. The molecule has 0 aliphatic carbocycles. The van der Waals surface area contributed by atoms with Gasteiger partial charge in [0.25, 0.3) is 0 Å². The van der Waals surface area contributed by atoms with Gasteiger partial charge in [-0.3, -0.25) is 4.48 Å². The highest BCUT2D eigenvalue weighted by atomic mass is 16.7. The number of rotatable bonds is 6. The van der Waals surface area contributed by atoms with Gasteiger partial charge in [0, 0.05) is 20.6 Å². The highest BCUT2D eigenvalue weighted by Gasteiger charge is 2.27. The standard InChI is InChI=1S/C13H22N2O3/c1-15(2,13(17-3)18-4)8-7-10-5-6-12(16)11(14)9-10/h5-6,9,13H,7-8,14H2,1-4H3/p+1. The van der Waals surface area contributed by atoms with Crippen molar-refractivity contribution in [1.29, 1.82) is 0 Å².